The van der Waals surface area contributed by atoms with Gasteiger partial charge in [-0.05, 0) is 55.6 Å². The first-order chi connectivity index (χ1) is 12.6. The summed E-state index contributed by atoms with van der Waals surface area (Å²) in [5.41, 5.74) is 3.41. The van der Waals surface area contributed by atoms with Crippen LogP contribution >= 0.6 is 12.6 Å². The van der Waals surface area contributed by atoms with E-state index in [1.54, 1.807) is 0 Å². The zero-order chi connectivity index (χ0) is 18.1. The SMILES string of the molecule is O=C(c1ccc(S)cc1)C1CCN(C2Cc3ccccc3CC2O)CC1. The average molecular weight is 368 g/mol. The second-order valence-corrected chi connectivity index (χ2v) is 8.05. The van der Waals surface area contributed by atoms with E-state index in [0.29, 0.717) is 0 Å². The third kappa shape index (κ3) is 3.59. The fraction of sp³-hybridized carbons (Fsp3) is 0.409. The summed E-state index contributed by atoms with van der Waals surface area (Å²) in [6, 6.07) is 16.1. The standard InChI is InChI=1S/C22H25NO2S/c24-21-14-18-4-2-1-3-17(18)13-20(21)23-11-9-16(10-12-23)22(25)15-5-7-19(26)8-6-15/h1-8,16,20-21,24,26H,9-14H2. The lowest BCUT2D eigenvalue weighted by Crippen LogP contribution is -2.51. The Kier molecular flexibility index (Phi) is 5.16. The Morgan fingerprint density at radius 3 is 2.23 bits per heavy atom. The van der Waals surface area contributed by atoms with E-state index in [2.05, 4.69) is 35.7 Å². The highest BCUT2D eigenvalue weighted by Gasteiger charge is 2.35. The van der Waals surface area contributed by atoms with Crippen LogP contribution in [-0.4, -0.2) is 41.0 Å². The molecule has 1 aliphatic carbocycles. The van der Waals surface area contributed by atoms with Gasteiger partial charge >= 0.3 is 0 Å². The van der Waals surface area contributed by atoms with E-state index in [-0.39, 0.29) is 23.8 Å². The van der Waals surface area contributed by atoms with Crippen LogP contribution in [0.4, 0.5) is 0 Å². The van der Waals surface area contributed by atoms with Gasteiger partial charge < -0.3 is 5.11 Å². The van der Waals surface area contributed by atoms with Crippen molar-refractivity contribution in [3.8, 4) is 0 Å². The second kappa shape index (κ2) is 7.55. The van der Waals surface area contributed by atoms with Crippen LogP contribution in [0.1, 0.15) is 34.3 Å². The Hall–Kier alpha value is -1.62. The summed E-state index contributed by atoms with van der Waals surface area (Å²) in [6.07, 6.45) is 3.05. The van der Waals surface area contributed by atoms with Gasteiger partial charge in [-0.3, -0.25) is 9.69 Å². The number of carbonyl (C=O) groups excluding carboxylic acids is 1. The van der Waals surface area contributed by atoms with Crippen molar-refractivity contribution in [2.45, 2.75) is 42.7 Å². The lowest BCUT2D eigenvalue weighted by Gasteiger charge is -2.41. The molecule has 136 valence electrons. The van der Waals surface area contributed by atoms with E-state index in [1.807, 2.05) is 30.3 Å². The molecule has 1 aliphatic heterocycles. The maximum atomic E-state index is 12.7. The summed E-state index contributed by atoms with van der Waals surface area (Å²) < 4.78 is 0. The van der Waals surface area contributed by atoms with Crippen molar-refractivity contribution in [1.82, 2.24) is 4.90 Å². The fourth-order valence-electron chi connectivity index (χ4n) is 4.41. The Morgan fingerprint density at radius 2 is 1.58 bits per heavy atom. The number of fused-ring (bicyclic) bond motifs is 1. The molecule has 0 saturated carbocycles. The molecule has 2 unspecified atom stereocenters. The number of hydrogen-bond donors (Lipinski definition) is 2. The number of aliphatic hydroxyl groups is 1. The number of nitrogens with zero attached hydrogens (tertiary/aromatic N) is 1. The Labute approximate surface area is 160 Å². The van der Waals surface area contributed by atoms with Gasteiger partial charge in [0.2, 0.25) is 0 Å². The average Bonchev–Trinajstić information content (AvgIpc) is 2.68. The van der Waals surface area contributed by atoms with Crippen LogP contribution in [0.15, 0.2) is 53.4 Å². The molecule has 0 spiro atoms. The molecular weight excluding hydrogens is 342 g/mol. The van der Waals surface area contributed by atoms with Crippen molar-refractivity contribution in [1.29, 1.82) is 0 Å². The van der Waals surface area contributed by atoms with Crippen molar-refractivity contribution >= 4 is 18.4 Å². The molecule has 1 fully saturated rings. The van der Waals surface area contributed by atoms with E-state index in [0.717, 1.165) is 49.2 Å². The van der Waals surface area contributed by atoms with Crippen molar-refractivity contribution < 1.29 is 9.90 Å². The van der Waals surface area contributed by atoms with E-state index >= 15 is 0 Å². The Balaban J connectivity index is 1.39. The molecule has 0 amide bonds. The largest absolute Gasteiger partial charge is 0.391 e. The molecule has 0 aromatic heterocycles. The first kappa shape index (κ1) is 17.8. The van der Waals surface area contributed by atoms with E-state index < -0.39 is 0 Å². The number of aliphatic hydroxyl groups excluding tert-OH is 1. The summed E-state index contributed by atoms with van der Waals surface area (Å²) in [5, 5.41) is 10.6. The second-order valence-electron chi connectivity index (χ2n) is 7.53. The predicted molar refractivity (Wildman–Crippen MR) is 106 cm³/mol. The lowest BCUT2D eigenvalue weighted by molar-refractivity contribution is 0.0239. The summed E-state index contributed by atoms with van der Waals surface area (Å²) in [6.45, 7) is 1.76. The quantitative estimate of drug-likeness (QED) is 0.645. The van der Waals surface area contributed by atoms with E-state index in [1.165, 1.54) is 11.1 Å². The van der Waals surface area contributed by atoms with Gasteiger partial charge in [0.05, 0.1) is 6.10 Å². The van der Waals surface area contributed by atoms with Crippen molar-refractivity contribution in [2.75, 3.05) is 13.1 Å². The molecular formula is C22H25NO2S. The summed E-state index contributed by atoms with van der Waals surface area (Å²) in [5.74, 6) is 0.331. The maximum Gasteiger partial charge on any atom is 0.166 e. The van der Waals surface area contributed by atoms with Gasteiger partial charge in [0, 0.05) is 28.8 Å². The topological polar surface area (TPSA) is 40.5 Å². The number of piperidine rings is 1. The van der Waals surface area contributed by atoms with Crippen molar-refractivity contribution in [2.24, 2.45) is 5.92 Å². The highest BCUT2D eigenvalue weighted by molar-refractivity contribution is 7.80. The molecule has 2 aliphatic rings. The highest BCUT2D eigenvalue weighted by Crippen LogP contribution is 2.29. The van der Waals surface area contributed by atoms with Crippen LogP contribution in [0.5, 0.6) is 0 Å². The highest BCUT2D eigenvalue weighted by atomic mass is 32.1. The van der Waals surface area contributed by atoms with Gasteiger partial charge in [-0.25, -0.2) is 0 Å². The first-order valence-corrected chi connectivity index (χ1v) is 9.88. The smallest absolute Gasteiger partial charge is 0.166 e. The summed E-state index contributed by atoms with van der Waals surface area (Å²) >= 11 is 4.28. The van der Waals surface area contributed by atoms with Gasteiger partial charge in [-0.2, -0.15) is 0 Å². The molecule has 0 radical (unpaired) electrons. The summed E-state index contributed by atoms with van der Waals surface area (Å²) in [4.78, 5) is 16.0. The van der Waals surface area contributed by atoms with E-state index in [9.17, 15) is 9.90 Å². The number of rotatable bonds is 3. The minimum absolute atomic E-state index is 0.0880. The van der Waals surface area contributed by atoms with Crippen LogP contribution in [0.2, 0.25) is 0 Å². The monoisotopic (exact) mass is 367 g/mol. The molecule has 3 nitrogen and oxygen atoms in total. The minimum atomic E-state index is -0.319. The van der Waals surface area contributed by atoms with Crippen molar-refractivity contribution in [3.05, 3.63) is 65.2 Å². The third-order valence-electron chi connectivity index (χ3n) is 5.94. The molecule has 2 aromatic rings. The van der Waals surface area contributed by atoms with Gasteiger partial charge in [0.25, 0.3) is 0 Å². The van der Waals surface area contributed by atoms with Crippen LogP contribution in [0.25, 0.3) is 0 Å². The molecule has 26 heavy (non-hydrogen) atoms. The number of benzene rings is 2. The zero-order valence-electron chi connectivity index (χ0n) is 14.8. The molecule has 0 bridgehead atoms. The zero-order valence-corrected chi connectivity index (χ0v) is 15.7. The predicted octanol–water partition coefficient (Wildman–Crippen LogP) is 3.40. The van der Waals surface area contributed by atoms with Gasteiger partial charge in [0.15, 0.2) is 5.78 Å². The molecule has 1 N–H and O–H groups in total. The first-order valence-electron chi connectivity index (χ1n) is 9.44. The molecule has 4 rings (SSSR count). The van der Waals surface area contributed by atoms with Gasteiger partial charge in [-0.1, -0.05) is 36.4 Å². The van der Waals surface area contributed by atoms with Crippen LogP contribution in [0.3, 0.4) is 0 Å². The van der Waals surface area contributed by atoms with Crippen LogP contribution in [-0.2, 0) is 12.8 Å². The lowest BCUT2D eigenvalue weighted by atomic mass is 9.83. The molecule has 1 heterocycles. The maximum absolute atomic E-state index is 12.7. The number of hydrogen-bond acceptors (Lipinski definition) is 4. The Morgan fingerprint density at radius 1 is 0.962 bits per heavy atom. The van der Waals surface area contributed by atoms with Gasteiger partial charge in [-0.15, -0.1) is 12.6 Å². The van der Waals surface area contributed by atoms with Crippen LogP contribution < -0.4 is 0 Å². The Bertz CT molecular complexity index is 781. The third-order valence-corrected chi connectivity index (χ3v) is 6.24. The molecule has 2 atom stereocenters. The number of likely N-dealkylation sites (tertiary alicyclic amines) is 1. The minimum Gasteiger partial charge on any atom is -0.391 e. The van der Waals surface area contributed by atoms with Gasteiger partial charge in [0.1, 0.15) is 0 Å². The molecule has 1 saturated heterocycles. The number of thiol groups is 1. The van der Waals surface area contributed by atoms with Crippen LogP contribution in [0, 0.1) is 5.92 Å². The van der Waals surface area contributed by atoms with Crippen molar-refractivity contribution in [3.63, 3.8) is 0 Å². The molecule has 4 heteroatoms. The number of ketones is 1. The molecule has 2 aromatic carbocycles. The van der Waals surface area contributed by atoms with E-state index in [4.69, 9.17) is 0 Å². The summed E-state index contributed by atoms with van der Waals surface area (Å²) in [7, 11) is 0. The number of carbonyl (C=O) groups is 1. The normalized spacial score (nSPS) is 24.2. The fourth-order valence-corrected chi connectivity index (χ4v) is 4.55. The number of Topliss-reactive ketones (excluding diaryl/α,β-unsaturated/α-hetero) is 1.